The standard InChI is InChI=1S/C25H34BrN3O6S/c1-17(2)14-27-25(31)18(3)28(15-19-7-9-20(26)10-8-19)24(30)16-29(36(6,32)33)21-11-12-22(34-4)23(13-21)35-5/h7-13,17-18H,14-16H2,1-6H3,(H,27,31)/t18-/m0/s1. The Labute approximate surface area is 221 Å². The zero-order chi connectivity index (χ0) is 27.0. The van der Waals surface area contributed by atoms with E-state index in [0.717, 1.165) is 20.6 Å². The van der Waals surface area contributed by atoms with Gasteiger partial charge in [-0.2, -0.15) is 0 Å². The molecule has 1 atom stereocenters. The molecule has 9 nitrogen and oxygen atoms in total. The van der Waals surface area contributed by atoms with E-state index in [2.05, 4.69) is 21.2 Å². The highest BCUT2D eigenvalue weighted by Gasteiger charge is 2.30. The number of rotatable bonds is 12. The number of hydrogen-bond acceptors (Lipinski definition) is 6. The van der Waals surface area contributed by atoms with Gasteiger partial charge in [0.25, 0.3) is 0 Å². The summed E-state index contributed by atoms with van der Waals surface area (Å²) in [4.78, 5) is 27.8. The third kappa shape index (κ3) is 8.12. The van der Waals surface area contributed by atoms with Crippen LogP contribution in [0.4, 0.5) is 5.69 Å². The van der Waals surface area contributed by atoms with Gasteiger partial charge in [0.15, 0.2) is 11.5 Å². The Morgan fingerprint density at radius 1 is 1.00 bits per heavy atom. The fraction of sp³-hybridized carbons (Fsp3) is 0.440. The van der Waals surface area contributed by atoms with Gasteiger partial charge in [-0.25, -0.2) is 8.42 Å². The summed E-state index contributed by atoms with van der Waals surface area (Å²) in [5.41, 5.74) is 1.04. The smallest absolute Gasteiger partial charge is 0.244 e. The average molecular weight is 585 g/mol. The fourth-order valence-corrected chi connectivity index (χ4v) is 4.52. The van der Waals surface area contributed by atoms with E-state index in [-0.39, 0.29) is 24.1 Å². The molecule has 0 heterocycles. The van der Waals surface area contributed by atoms with Crippen LogP contribution in [-0.2, 0) is 26.2 Å². The van der Waals surface area contributed by atoms with Crippen molar-refractivity contribution in [3.63, 3.8) is 0 Å². The number of nitrogens with one attached hydrogen (secondary N) is 1. The van der Waals surface area contributed by atoms with E-state index in [4.69, 9.17) is 9.47 Å². The minimum atomic E-state index is -3.85. The maximum Gasteiger partial charge on any atom is 0.244 e. The number of halogens is 1. The van der Waals surface area contributed by atoms with Gasteiger partial charge in [-0.05, 0) is 42.7 Å². The molecule has 2 aromatic carbocycles. The van der Waals surface area contributed by atoms with Gasteiger partial charge in [0.05, 0.1) is 26.2 Å². The van der Waals surface area contributed by atoms with Gasteiger partial charge in [0.2, 0.25) is 21.8 Å². The number of amides is 2. The Hall–Kier alpha value is -2.79. The summed E-state index contributed by atoms with van der Waals surface area (Å²) in [6.45, 7) is 5.68. The highest BCUT2D eigenvalue weighted by Crippen LogP contribution is 2.32. The number of anilines is 1. The van der Waals surface area contributed by atoms with Gasteiger partial charge < -0.3 is 19.7 Å². The molecule has 0 aromatic heterocycles. The van der Waals surface area contributed by atoms with Crippen molar-refractivity contribution in [2.24, 2.45) is 5.92 Å². The van der Waals surface area contributed by atoms with Gasteiger partial charge in [-0.3, -0.25) is 13.9 Å². The molecule has 0 spiro atoms. The first kappa shape index (κ1) is 29.4. The molecule has 0 radical (unpaired) electrons. The monoisotopic (exact) mass is 583 g/mol. The molecule has 0 aliphatic heterocycles. The second kappa shape index (κ2) is 13.0. The van der Waals surface area contributed by atoms with Gasteiger partial charge in [-0.1, -0.05) is 41.9 Å². The SMILES string of the molecule is COc1ccc(N(CC(=O)N(Cc2ccc(Br)cc2)[C@@H](C)C(=O)NCC(C)C)S(C)(=O)=O)cc1OC. The van der Waals surface area contributed by atoms with Crippen LogP contribution in [0.5, 0.6) is 11.5 Å². The molecule has 36 heavy (non-hydrogen) atoms. The number of nitrogens with zero attached hydrogens (tertiary/aromatic N) is 2. The molecule has 198 valence electrons. The van der Waals surface area contributed by atoms with E-state index in [1.807, 2.05) is 38.1 Å². The second-order valence-corrected chi connectivity index (χ2v) is 11.6. The van der Waals surface area contributed by atoms with Crippen molar-refractivity contribution in [2.45, 2.75) is 33.4 Å². The summed E-state index contributed by atoms with van der Waals surface area (Å²) in [5.74, 6) is 0.150. The van der Waals surface area contributed by atoms with Crippen LogP contribution in [0.2, 0.25) is 0 Å². The van der Waals surface area contributed by atoms with E-state index in [1.54, 1.807) is 13.0 Å². The first-order chi connectivity index (χ1) is 16.9. The highest BCUT2D eigenvalue weighted by atomic mass is 79.9. The van der Waals surface area contributed by atoms with Crippen LogP contribution in [0, 0.1) is 5.92 Å². The van der Waals surface area contributed by atoms with E-state index < -0.39 is 28.5 Å². The maximum atomic E-state index is 13.6. The Morgan fingerprint density at radius 3 is 2.14 bits per heavy atom. The highest BCUT2D eigenvalue weighted by molar-refractivity contribution is 9.10. The minimum absolute atomic E-state index is 0.131. The second-order valence-electron chi connectivity index (χ2n) is 8.77. The van der Waals surface area contributed by atoms with Crippen LogP contribution in [-0.4, -0.2) is 64.7 Å². The molecule has 2 aromatic rings. The van der Waals surface area contributed by atoms with Crippen LogP contribution in [0.3, 0.4) is 0 Å². The molecule has 2 rings (SSSR count). The predicted octanol–water partition coefficient (Wildman–Crippen LogP) is 3.42. The van der Waals surface area contributed by atoms with Gasteiger partial charge >= 0.3 is 0 Å². The van der Waals surface area contributed by atoms with Crippen LogP contribution < -0.4 is 19.1 Å². The molecule has 0 unspecified atom stereocenters. The van der Waals surface area contributed by atoms with Gasteiger partial charge in [0.1, 0.15) is 12.6 Å². The van der Waals surface area contributed by atoms with Crippen LogP contribution >= 0.6 is 15.9 Å². The molecule has 11 heteroatoms. The topological polar surface area (TPSA) is 105 Å². The Bertz CT molecular complexity index is 1150. The van der Waals surface area contributed by atoms with Crippen LogP contribution in [0.1, 0.15) is 26.3 Å². The predicted molar refractivity (Wildman–Crippen MR) is 144 cm³/mol. The number of benzene rings is 2. The maximum absolute atomic E-state index is 13.6. The fourth-order valence-electron chi connectivity index (χ4n) is 3.42. The third-order valence-electron chi connectivity index (χ3n) is 5.45. The third-order valence-corrected chi connectivity index (χ3v) is 7.12. The lowest BCUT2D eigenvalue weighted by Crippen LogP contribution is -2.51. The Kier molecular flexibility index (Phi) is 10.6. The van der Waals surface area contributed by atoms with Crippen molar-refractivity contribution < 1.29 is 27.5 Å². The largest absolute Gasteiger partial charge is 0.493 e. The molecule has 0 bridgehead atoms. The number of carbonyl (C=O) groups excluding carboxylic acids is 2. The zero-order valence-corrected chi connectivity index (χ0v) is 23.9. The summed E-state index contributed by atoms with van der Waals surface area (Å²) in [6.07, 6.45) is 1.02. The Balaban J connectivity index is 2.41. The molecular weight excluding hydrogens is 550 g/mol. The van der Waals surface area contributed by atoms with E-state index in [1.165, 1.54) is 31.3 Å². The van der Waals surface area contributed by atoms with Crippen LogP contribution in [0.25, 0.3) is 0 Å². The van der Waals surface area contributed by atoms with Crippen molar-refractivity contribution >= 4 is 43.5 Å². The number of carbonyl (C=O) groups is 2. The molecule has 1 N–H and O–H groups in total. The summed E-state index contributed by atoms with van der Waals surface area (Å²) in [7, 11) is -0.941. The van der Waals surface area contributed by atoms with E-state index >= 15 is 0 Å². The van der Waals surface area contributed by atoms with Crippen molar-refractivity contribution in [1.82, 2.24) is 10.2 Å². The van der Waals surface area contributed by atoms with Crippen LogP contribution in [0.15, 0.2) is 46.9 Å². The lowest BCUT2D eigenvalue weighted by Gasteiger charge is -2.31. The van der Waals surface area contributed by atoms with Gasteiger partial charge in [0, 0.05) is 23.6 Å². The van der Waals surface area contributed by atoms with Crippen molar-refractivity contribution in [3.05, 3.63) is 52.5 Å². The average Bonchev–Trinajstić information content (AvgIpc) is 2.83. The summed E-state index contributed by atoms with van der Waals surface area (Å²) >= 11 is 3.39. The van der Waals surface area contributed by atoms with Crippen molar-refractivity contribution in [2.75, 3.05) is 37.9 Å². The first-order valence-corrected chi connectivity index (χ1v) is 14.0. The number of ether oxygens (including phenoxy) is 2. The normalized spacial score (nSPS) is 12.1. The number of hydrogen-bond donors (Lipinski definition) is 1. The lowest BCUT2D eigenvalue weighted by atomic mass is 10.1. The number of methoxy groups -OCH3 is 2. The summed E-state index contributed by atoms with van der Waals surface area (Å²) < 4.78 is 37.8. The van der Waals surface area contributed by atoms with Gasteiger partial charge in [-0.15, -0.1) is 0 Å². The number of sulfonamides is 1. The quantitative estimate of drug-likeness (QED) is 0.410. The molecule has 0 saturated carbocycles. The van der Waals surface area contributed by atoms with Crippen molar-refractivity contribution in [3.8, 4) is 11.5 Å². The van der Waals surface area contributed by atoms with E-state index in [0.29, 0.717) is 18.0 Å². The molecule has 0 aliphatic rings. The Morgan fingerprint density at radius 2 is 1.61 bits per heavy atom. The molecule has 2 amide bonds. The molecule has 0 fully saturated rings. The first-order valence-electron chi connectivity index (χ1n) is 11.4. The summed E-state index contributed by atoms with van der Waals surface area (Å²) in [5, 5.41) is 2.85. The van der Waals surface area contributed by atoms with Crippen molar-refractivity contribution in [1.29, 1.82) is 0 Å². The minimum Gasteiger partial charge on any atom is -0.493 e. The lowest BCUT2D eigenvalue weighted by molar-refractivity contribution is -0.139. The molecular formula is C25H34BrN3O6S. The molecule has 0 aliphatic carbocycles. The van der Waals surface area contributed by atoms with E-state index in [9.17, 15) is 18.0 Å². The summed E-state index contributed by atoms with van der Waals surface area (Å²) in [6, 6.07) is 11.1. The zero-order valence-electron chi connectivity index (χ0n) is 21.4. The molecule has 0 saturated heterocycles.